The van der Waals surface area contributed by atoms with E-state index in [1.807, 2.05) is 0 Å². The number of aromatic hydroxyl groups is 1. The van der Waals surface area contributed by atoms with Gasteiger partial charge < -0.3 is 43.7 Å². The zero-order chi connectivity index (χ0) is 30.2. The lowest BCUT2D eigenvalue weighted by molar-refractivity contribution is -0.206. The molecular formula is C29H32O12. The van der Waals surface area contributed by atoms with E-state index in [1.165, 1.54) is 51.7 Å². The molecule has 0 saturated heterocycles. The number of hydrogen-bond donors (Lipinski definition) is 3. The highest BCUT2D eigenvalue weighted by molar-refractivity contribution is 5.88. The van der Waals surface area contributed by atoms with E-state index in [-0.39, 0.29) is 11.5 Å². The summed E-state index contributed by atoms with van der Waals surface area (Å²) >= 11 is 0. The van der Waals surface area contributed by atoms with Gasteiger partial charge in [-0.3, -0.25) is 0 Å². The summed E-state index contributed by atoms with van der Waals surface area (Å²) in [5.41, 5.74) is -1.11. The fourth-order valence-corrected chi connectivity index (χ4v) is 4.31. The van der Waals surface area contributed by atoms with Gasteiger partial charge in [-0.15, -0.1) is 0 Å². The highest BCUT2D eigenvalue weighted by Crippen LogP contribution is 2.34. The minimum atomic E-state index is -2.19. The number of hydrogen-bond acceptors (Lipinski definition) is 12. The molecule has 1 aliphatic rings. The second-order valence-corrected chi connectivity index (χ2v) is 9.09. The van der Waals surface area contributed by atoms with Gasteiger partial charge in [0, 0.05) is 25.0 Å². The number of aliphatic hydroxyl groups is 2. The molecule has 0 heterocycles. The zero-order valence-corrected chi connectivity index (χ0v) is 22.9. The minimum absolute atomic E-state index is 0.0876. The van der Waals surface area contributed by atoms with Crippen molar-refractivity contribution >= 4 is 30.1 Å². The summed E-state index contributed by atoms with van der Waals surface area (Å²) in [6.45, 7) is 0. The molecule has 0 aromatic heterocycles. The summed E-state index contributed by atoms with van der Waals surface area (Å²) in [5.74, 6) is -1.78. The van der Waals surface area contributed by atoms with Gasteiger partial charge in [-0.2, -0.15) is 0 Å². The van der Waals surface area contributed by atoms with Crippen molar-refractivity contribution in [3.05, 3.63) is 59.7 Å². The second-order valence-electron chi connectivity index (χ2n) is 9.09. The van der Waals surface area contributed by atoms with Crippen molar-refractivity contribution in [1.29, 1.82) is 0 Å². The van der Waals surface area contributed by atoms with Gasteiger partial charge in [-0.05, 0) is 47.5 Å². The Balaban J connectivity index is 1.78. The lowest BCUT2D eigenvalue weighted by Gasteiger charge is -2.41. The van der Waals surface area contributed by atoms with E-state index >= 15 is 0 Å². The Hall–Kier alpha value is -4.55. The maximum Gasteiger partial charge on any atom is 0.338 e. The van der Waals surface area contributed by atoms with Crippen LogP contribution >= 0.6 is 0 Å². The molecular weight excluding hydrogens is 540 g/mol. The van der Waals surface area contributed by atoms with E-state index in [0.29, 0.717) is 22.6 Å². The van der Waals surface area contributed by atoms with Gasteiger partial charge in [-0.25, -0.2) is 14.4 Å². The van der Waals surface area contributed by atoms with Crippen LogP contribution in [0.3, 0.4) is 0 Å². The predicted molar refractivity (Wildman–Crippen MR) is 144 cm³/mol. The van der Waals surface area contributed by atoms with Crippen LogP contribution in [0.15, 0.2) is 48.6 Å². The van der Waals surface area contributed by atoms with Crippen molar-refractivity contribution in [2.24, 2.45) is 0 Å². The highest BCUT2D eigenvalue weighted by Gasteiger charge is 2.52. The summed E-state index contributed by atoms with van der Waals surface area (Å²) in [4.78, 5) is 37.6. The molecule has 3 N–H and O–H groups in total. The van der Waals surface area contributed by atoms with Crippen LogP contribution in [0.25, 0.3) is 12.2 Å². The largest absolute Gasteiger partial charge is 0.504 e. The van der Waals surface area contributed by atoms with Gasteiger partial charge in [0.25, 0.3) is 0 Å². The Kier molecular flexibility index (Phi) is 10.3. The SMILES string of the molecule is COC(=O)[C@]1(O)C[C@@H](O)[C@@H](OC(=O)/C=C/c2ccc(OC)c(OC)c2)[C@H](OC(=O)/C=C/c2ccc(O)c(OC)c2)C1. The lowest BCUT2D eigenvalue weighted by atomic mass is 9.79. The van der Waals surface area contributed by atoms with Crippen molar-refractivity contribution in [3.63, 3.8) is 0 Å². The molecule has 1 saturated carbocycles. The molecule has 0 spiro atoms. The Morgan fingerprint density at radius 2 is 1.37 bits per heavy atom. The fourth-order valence-electron chi connectivity index (χ4n) is 4.31. The molecule has 4 atom stereocenters. The topological polar surface area (TPSA) is 167 Å². The number of carbonyl (C=O) groups excluding carboxylic acids is 3. The average molecular weight is 573 g/mol. The number of benzene rings is 2. The first-order valence-electron chi connectivity index (χ1n) is 12.4. The Morgan fingerprint density at radius 1 is 0.805 bits per heavy atom. The first-order chi connectivity index (χ1) is 19.5. The summed E-state index contributed by atoms with van der Waals surface area (Å²) in [7, 11) is 5.40. The summed E-state index contributed by atoms with van der Waals surface area (Å²) in [6.07, 6.45) is -0.431. The Morgan fingerprint density at radius 3 is 1.95 bits per heavy atom. The molecule has 0 unspecified atom stereocenters. The molecule has 220 valence electrons. The van der Waals surface area contributed by atoms with Crippen LogP contribution in [0.4, 0.5) is 0 Å². The highest BCUT2D eigenvalue weighted by atomic mass is 16.6. The van der Waals surface area contributed by atoms with E-state index in [2.05, 4.69) is 4.74 Å². The molecule has 0 radical (unpaired) electrons. The monoisotopic (exact) mass is 572 g/mol. The van der Waals surface area contributed by atoms with Crippen molar-refractivity contribution in [2.45, 2.75) is 36.8 Å². The molecule has 1 aliphatic carbocycles. The number of esters is 3. The third-order valence-corrected chi connectivity index (χ3v) is 6.35. The molecule has 0 bridgehead atoms. The van der Waals surface area contributed by atoms with Crippen molar-refractivity contribution in [3.8, 4) is 23.0 Å². The number of methoxy groups -OCH3 is 4. The average Bonchev–Trinajstić information content (AvgIpc) is 2.96. The standard InChI is InChI=1S/C29H32O12/c1-36-21-10-6-18(14-23(21)38-3)8-12-26(33)41-27-20(31)15-29(35,28(34)39-4)16-24(27)40-25(32)11-7-17-5-9-19(30)22(13-17)37-2/h5-14,20,24,27,30-31,35H,15-16H2,1-4H3/b11-7+,12-8+/t20-,24-,27-,29+/m1/s1. The van der Waals surface area contributed by atoms with Crippen LogP contribution in [-0.2, 0) is 28.6 Å². The van der Waals surface area contributed by atoms with Crippen LogP contribution in [0.1, 0.15) is 24.0 Å². The van der Waals surface area contributed by atoms with Crippen LogP contribution in [-0.4, -0.2) is 85.6 Å². The second kappa shape index (κ2) is 13.7. The Labute approximate surface area is 236 Å². The molecule has 41 heavy (non-hydrogen) atoms. The van der Waals surface area contributed by atoms with Crippen LogP contribution in [0, 0.1) is 0 Å². The van der Waals surface area contributed by atoms with E-state index in [9.17, 15) is 29.7 Å². The number of rotatable bonds is 10. The van der Waals surface area contributed by atoms with Gasteiger partial charge >= 0.3 is 17.9 Å². The molecule has 12 heteroatoms. The first-order valence-corrected chi connectivity index (χ1v) is 12.4. The smallest absolute Gasteiger partial charge is 0.338 e. The van der Waals surface area contributed by atoms with Crippen LogP contribution < -0.4 is 14.2 Å². The maximum absolute atomic E-state index is 12.7. The first kappa shape index (κ1) is 31.0. The van der Waals surface area contributed by atoms with Gasteiger partial charge in [0.05, 0.1) is 34.5 Å². The quantitative estimate of drug-likeness (QED) is 0.216. The molecule has 2 aromatic carbocycles. The van der Waals surface area contributed by atoms with E-state index < -0.39 is 54.7 Å². The van der Waals surface area contributed by atoms with Crippen LogP contribution in [0.5, 0.6) is 23.0 Å². The number of aliphatic hydroxyl groups excluding tert-OH is 1. The number of ether oxygens (including phenoxy) is 6. The maximum atomic E-state index is 12.7. The number of phenols is 1. The summed E-state index contributed by atoms with van der Waals surface area (Å²) in [6, 6.07) is 9.35. The molecule has 2 aromatic rings. The normalized spacial score (nSPS) is 22.2. The van der Waals surface area contributed by atoms with E-state index in [1.54, 1.807) is 18.2 Å². The summed E-state index contributed by atoms with van der Waals surface area (Å²) < 4.78 is 30.9. The molecule has 3 rings (SSSR count). The third kappa shape index (κ3) is 7.77. The number of carbonyl (C=O) groups is 3. The van der Waals surface area contributed by atoms with Crippen molar-refractivity contribution in [2.75, 3.05) is 28.4 Å². The van der Waals surface area contributed by atoms with Gasteiger partial charge in [0.2, 0.25) is 0 Å². The van der Waals surface area contributed by atoms with Crippen LogP contribution in [0.2, 0.25) is 0 Å². The zero-order valence-electron chi connectivity index (χ0n) is 22.9. The van der Waals surface area contributed by atoms with Crippen molar-refractivity contribution in [1.82, 2.24) is 0 Å². The molecule has 0 aliphatic heterocycles. The van der Waals surface area contributed by atoms with Gasteiger partial charge in [0.1, 0.15) is 6.10 Å². The van der Waals surface area contributed by atoms with Gasteiger partial charge in [0.15, 0.2) is 34.7 Å². The fraction of sp³-hybridized carbons (Fsp3) is 0.345. The molecule has 1 fully saturated rings. The lowest BCUT2D eigenvalue weighted by Crippen LogP contribution is -2.58. The Bertz CT molecular complexity index is 1320. The molecule has 0 amide bonds. The predicted octanol–water partition coefficient (Wildman–Crippen LogP) is 2.03. The van der Waals surface area contributed by atoms with Gasteiger partial charge in [-0.1, -0.05) is 12.1 Å². The van der Waals surface area contributed by atoms with E-state index in [0.717, 1.165) is 19.3 Å². The van der Waals surface area contributed by atoms with E-state index in [4.69, 9.17) is 23.7 Å². The van der Waals surface area contributed by atoms with Crippen molar-refractivity contribution < 1.29 is 58.1 Å². The molecule has 12 nitrogen and oxygen atoms in total. The minimum Gasteiger partial charge on any atom is -0.504 e. The third-order valence-electron chi connectivity index (χ3n) is 6.35. The number of phenolic OH excluding ortho intramolecular Hbond substituents is 1. The summed E-state index contributed by atoms with van der Waals surface area (Å²) in [5, 5.41) is 31.3.